The molecule has 0 fully saturated rings. The first kappa shape index (κ1) is 14.0. The average molecular weight is 370 g/mol. The van der Waals surface area contributed by atoms with E-state index in [1.807, 2.05) is 18.2 Å². The molecule has 0 aliphatic heterocycles. The Morgan fingerprint density at radius 1 is 1.16 bits per heavy atom. The van der Waals surface area contributed by atoms with Crippen molar-refractivity contribution in [2.24, 2.45) is 0 Å². The molecule has 2 nitrogen and oxygen atoms in total. The molecule has 0 aromatic heterocycles. The highest BCUT2D eigenvalue weighted by molar-refractivity contribution is 14.1. The fraction of sp³-hybridized carbons (Fsp3) is 0.133. The van der Waals surface area contributed by atoms with Gasteiger partial charge < -0.3 is 9.53 Å². The summed E-state index contributed by atoms with van der Waals surface area (Å²) in [5, 5.41) is 0. The van der Waals surface area contributed by atoms with Crippen molar-refractivity contribution in [2.75, 3.05) is 0 Å². The summed E-state index contributed by atoms with van der Waals surface area (Å²) in [6.45, 7) is 0.376. The summed E-state index contributed by atoms with van der Waals surface area (Å²) in [4.78, 5) is 10.6. The third-order valence-corrected chi connectivity index (χ3v) is 3.69. The van der Waals surface area contributed by atoms with E-state index in [0.29, 0.717) is 18.8 Å². The number of hydrogen-bond donors (Lipinski definition) is 0. The van der Waals surface area contributed by atoms with Crippen molar-refractivity contribution in [3.05, 3.63) is 63.0 Å². The van der Waals surface area contributed by atoms with E-state index in [1.165, 1.54) is 12.1 Å². The van der Waals surface area contributed by atoms with E-state index >= 15 is 0 Å². The molecule has 0 heterocycles. The highest BCUT2D eigenvalue weighted by atomic mass is 127. The van der Waals surface area contributed by atoms with Gasteiger partial charge in [0.05, 0.1) is 0 Å². The summed E-state index contributed by atoms with van der Waals surface area (Å²) >= 11 is 2.19. The highest BCUT2D eigenvalue weighted by Gasteiger charge is 2.03. The molecular weight excluding hydrogens is 358 g/mol. The van der Waals surface area contributed by atoms with E-state index in [0.717, 1.165) is 21.0 Å². The summed E-state index contributed by atoms with van der Waals surface area (Å²) in [7, 11) is 0. The second-order valence-corrected chi connectivity index (χ2v) is 5.20. The highest BCUT2D eigenvalue weighted by Crippen LogP contribution is 2.20. The van der Waals surface area contributed by atoms with Gasteiger partial charge in [-0.05, 0) is 64.0 Å². The van der Waals surface area contributed by atoms with E-state index in [9.17, 15) is 9.18 Å². The number of hydrogen-bond acceptors (Lipinski definition) is 2. The monoisotopic (exact) mass is 370 g/mol. The Kier molecular flexibility index (Phi) is 4.90. The van der Waals surface area contributed by atoms with Crippen molar-refractivity contribution in [1.82, 2.24) is 0 Å². The minimum atomic E-state index is -0.258. The molecule has 2 rings (SSSR count). The molecule has 0 saturated heterocycles. The molecule has 0 radical (unpaired) electrons. The first-order valence-corrected chi connectivity index (χ1v) is 6.86. The van der Waals surface area contributed by atoms with Crippen LogP contribution in [0.3, 0.4) is 0 Å². The van der Waals surface area contributed by atoms with Crippen LogP contribution < -0.4 is 4.74 Å². The lowest BCUT2D eigenvalue weighted by Gasteiger charge is -2.08. The number of benzene rings is 2. The van der Waals surface area contributed by atoms with Gasteiger partial charge in [-0.2, -0.15) is 0 Å². The number of rotatable bonds is 5. The molecule has 0 spiro atoms. The second kappa shape index (κ2) is 6.65. The number of halogens is 2. The van der Waals surface area contributed by atoms with Crippen LogP contribution in [-0.2, 0) is 17.8 Å². The van der Waals surface area contributed by atoms with Gasteiger partial charge in [-0.15, -0.1) is 0 Å². The van der Waals surface area contributed by atoms with Gasteiger partial charge in [0, 0.05) is 9.99 Å². The van der Waals surface area contributed by atoms with E-state index in [4.69, 9.17) is 4.74 Å². The van der Waals surface area contributed by atoms with Gasteiger partial charge >= 0.3 is 0 Å². The smallest absolute Gasteiger partial charge is 0.124 e. The number of aldehydes is 1. The van der Waals surface area contributed by atoms with Gasteiger partial charge in [-0.25, -0.2) is 4.39 Å². The third-order valence-electron chi connectivity index (χ3n) is 2.64. The van der Waals surface area contributed by atoms with Crippen LogP contribution in [0.2, 0.25) is 0 Å². The molecule has 19 heavy (non-hydrogen) atoms. The van der Waals surface area contributed by atoms with Crippen LogP contribution in [0.25, 0.3) is 0 Å². The SMILES string of the molecule is O=CCc1cc(OCc2ccc(F)cc2)ccc1I. The second-order valence-electron chi connectivity index (χ2n) is 4.04. The fourth-order valence-corrected chi connectivity index (χ4v) is 2.19. The van der Waals surface area contributed by atoms with Crippen LogP contribution in [-0.4, -0.2) is 6.29 Å². The zero-order valence-electron chi connectivity index (χ0n) is 10.1. The van der Waals surface area contributed by atoms with Crippen LogP contribution >= 0.6 is 22.6 Å². The Balaban J connectivity index is 2.05. The topological polar surface area (TPSA) is 26.3 Å². The maximum Gasteiger partial charge on any atom is 0.124 e. The third kappa shape index (κ3) is 4.02. The minimum Gasteiger partial charge on any atom is -0.489 e. The van der Waals surface area contributed by atoms with Crippen molar-refractivity contribution >= 4 is 28.9 Å². The largest absolute Gasteiger partial charge is 0.489 e. The number of carbonyl (C=O) groups excluding carboxylic acids is 1. The lowest BCUT2D eigenvalue weighted by Crippen LogP contribution is -1.97. The summed E-state index contributed by atoms with van der Waals surface area (Å²) in [6.07, 6.45) is 1.26. The van der Waals surface area contributed by atoms with Crippen molar-refractivity contribution in [1.29, 1.82) is 0 Å². The molecule has 0 aliphatic carbocycles. The van der Waals surface area contributed by atoms with Gasteiger partial charge in [0.25, 0.3) is 0 Å². The van der Waals surface area contributed by atoms with Crippen LogP contribution in [0.5, 0.6) is 5.75 Å². The van der Waals surface area contributed by atoms with E-state index in [2.05, 4.69) is 22.6 Å². The maximum atomic E-state index is 12.8. The van der Waals surface area contributed by atoms with Crippen LogP contribution in [0, 0.1) is 9.39 Å². The zero-order chi connectivity index (χ0) is 13.7. The van der Waals surface area contributed by atoms with Gasteiger partial charge in [0.2, 0.25) is 0 Å². The molecule has 0 aliphatic rings. The first-order valence-electron chi connectivity index (χ1n) is 5.78. The molecule has 0 unspecified atom stereocenters. The molecule has 4 heteroatoms. The van der Waals surface area contributed by atoms with E-state index in [-0.39, 0.29) is 5.82 Å². The minimum absolute atomic E-state index is 0.258. The number of ether oxygens (including phenoxy) is 1. The quantitative estimate of drug-likeness (QED) is 0.592. The molecule has 0 amide bonds. The molecule has 2 aromatic rings. The van der Waals surface area contributed by atoms with Gasteiger partial charge in [-0.1, -0.05) is 12.1 Å². The Hall–Kier alpha value is -1.43. The van der Waals surface area contributed by atoms with Crippen molar-refractivity contribution in [3.8, 4) is 5.75 Å². The zero-order valence-corrected chi connectivity index (χ0v) is 12.3. The van der Waals surface area contributed by atoms with E-state index < -0.39 is 0 Å². The Morgan fingerprint density at radius 3 is 2.58 bits per heavy atom. The number of carbonyl (C=O) groups is 1. The molecule has 98 valence electrons. The van der Waals surface area contributed by atoms with Gasteiger partial charge in [-0.3, -0.25) is 0 Å². The molecule has 2 aromatic carbocycles. The Bertz CT molecular complexity index is 567. The van der Waals surface area contributed by atoms with Crippen LogP contribution in [0.4, 0.5) is 4.39 Å². The standard InChI is InChI=1S/C15H12FIO2/c16-13-3-1-11(2-4-13)10-19-14-5-6-15(17)12(9-14)7-8-18/h1-6,8-9H,7,10H2. The Labute approximate surface area is 124 Å². The maximum absolute atomic E-state index is 12.8. The molecule has 0 atom stereocenters. The van der Waals surface area contributed by atoms with Gasteiger partial charge in [0.15, 0.2) is 0 Å². The molecule has 0 bridgehead atoms. The predicted molar refractivity (Wildman–Crippen MR) is 79.7 cm³/mol. The average Bonchev–Trinajstić information content (AvgIpc) is 2.42. The van der Waals surface area contributed by atoms with Crippen molar-refractivity contribution in [3.63, 3.8) is 0 Å². The predicted octanol–water partition coefficient (Wildman–Crippen LogP) is 3.75. The normalized spacial score (nSPS) is 10.2. The molecule has 0 N–H and O–H groups in total. The van der Waals surface area contributed by atoms with Crippen molar-refractivity contribution < 1.29 is 13.9 Å². The van der Waals surface area contributed by atoms with E-state index in [1.54, 1.807) is 12.1 Å². The van der Waals surface area contributed by atoms with Crippen molar-refractivity contribution in [2.45, 2.75) is 13.0 Å². The fourth-order valence-electron chi connectivity index (χ4n) is 1.63. The summed E-state index contributed by atoms with van der Waals surface area (Å²) in [5.41, 5.74) is 1.85. The lowest BCUT2D eigenvalue weighted by molar-refractivity contribution is -0.107. The Morgan fingerprint density at radius 2 is 1.89 bits per heavy atom. The first-order chi connectivity index (χ1) is 9.19. The summed E-state index contributed by atoms with van der Waals surface area (Å²) in [5.74, 6) is 0.452. The summed E-state index contributed by atoms with van der Waals surface area (Å²) in [6, 6.07) is 11.8. The van der Waals surface area contributed by atoms with Crippen LogP contribution in [0.1, 0.15) is 11.1 Å². The van der Waals surface area contributed by atoms with Gasteiger partial charge in [0.1, 0.15) is 24.5 Å². The lowest BCUT2D eigenvalue weighted by atomic mass is 10.1. The molecule has 0 saturated carbocycles. The summed E-state index contributed by atoms with van der Waals surface area (Å²) < 4.78 is 19.4. The molecular formula is C15H12FIO2. The van der Waals surface area contributed by atoms with Crippen LogP contribution in [0.15, 0.2) is 42.5 Å².